The van der Waals surface area contributed by atoms with E-state index >= 15 is 0 Å². The van der Waals surface area contributed by atoms with E-state index in [0.717, 1.165) is 18.0 Å². The number of rotatable bonds is 3. The Hall–Kier alpha value is -0.850. The summed E-state index contributed by atoms with van der Waals surface area (Å²) in [6.07, 6.45) is 4.39. The fourth-order valence-corrected chi connectivity index (χ4v) is 1.17. The molecule has 12 heavy (non-hydrogen) atoms. The van der Waals surface area contributed by atoms with Gasteiger partial charge in [0, 0.05) is 11.9 Å². The van der Waals surface area contributed by atoms with Gasteiger partial charge < -0.3 is 0 Å². The van der Waals surface area contributed by atoms with Crippen LogP contribution in [-0.2, 0) is 6.42 Å². The van der Waals surface area contributed by atoms with Crippen molar-refractivity contribution < 1.29 is 0 Å². The van der Waals surface area contributed by atoms with Crippen molar-refractivity contribution >= 4 is 0 Å². The molecule has 1 heterocycles. The highest BCUT2D eigenvalue weighted by Crippen LogP contribution is 2.10. The zero-order valence-corrected chi connectivity index (χ0v) is 8.17. The Morgan fingerprint density at radius 3 is 2.67 bits per heavy atom. The molecule has 0 bridgehead atoms. The van der Waals surface area contributed by atoms with Crippen LogP contribution in [0.5, 0.6) is 0 Å². The molecule has 1 atom stereocenters. The van der Waals surface area contributed by atoms with Crippen LogP contribution in [0.15, 0.2) is 18.3 Å². The van der Waals surface area contributed by atoms with Gasteiger partial charge in [-0.25, -0.2) is 0 Å². The van der Waals surface area contributed by atoms with E-state index in [1.54, 1.807) is 0 Å². The van der Waals surface area contributed by atoms with Crippen LogP contribution >= 0.6 is 0 Å². The second-order valence-electron chi connectivity index (χ2n) is 3.53. The van der Waals surface area contributed by atoms with E-state index in [9.17, 15) is 0 Å². The van der Waals surface area contributed by atoms with E-state index in [2.05, 4.69) is 31.0 Å². The third kappa shape index (κ3) is 2.65. The topological polar surface area (TPSA) is 12.9 Å². The summed E-state index contributed by atoms with van der Waals surface area (Å²) in [4.78, 5) is 4.27. The average Bonchev–Trinajstić information content (AvgIpc) is 2.09. The van der Waals surface area contributed by atoms with Crippen LogP contribution in [0.3, 0.4) is 0 Å². The Morgan fingerprint density at radius 1 is 1.42 bits per heavy atom. The molecule has 1 aromatic heterocycles. The number of nitrogens with zero attached hydrogens (tertiary/aromatic N) is 1. The first kappa shape index (κ1) is 9.24. The SMILES string of the molecule is CCC(C)Cc1ccc(C)nc1. The van der Waals surface area contributed by atoms with Crippen molar-refractivity contribution in [3.05, 3.63) is 29.6 Å². The first-order chi connectivity index (χ1) is 5.72. The first-order valence-corrected chi connectivity index (χ1v) is 4.64. The monoisotopic (exact) mass is 163 g/mol. The smallest absolute Gasteiger partial charge is 0.0372 e. The summed E-state index contributed by atoms with van der Waals surface area (Å²) in [5.74, 6) is 0.773. The van der Waals surface area contributed by atoms with Gasteiger partial charge in [-0.2, -0.15) is 0 Å². The molecule has 0 aromatic carbocycles. The molecular formula is C11H17N. The largest absolute Gasteiger partial charge is 0.261 e. The van der Waals surface area contributed by atoms with Gasteiger partial charge in [0.15, 0.2) is 0 Å². The lowest BCUT2D eigenvalue weighted by atomic mass is 10.0. The maximum atomic E-state index is 4.27. The second kappa shape index (κ2) is 4.24. The molecule has 66 valence electrons. The minimum absolute atomic E-state index is 0.773. The molecule has 0 spiro atoms. The van der Waals surface area contributed by atoms with Gasteiger partial charge in [-0.3, -0.25) is 4.98 Å². The molecule has 0 saturated carbocycles. The van der Waals surface area contributed by atoms with Gasteiger partial charge >= 0.3 is 0 Å². The van der Waals surface area contributed by atoms with Crippen LogP contribution in [0.2, 0.25) is 0 Å². The number of hydrogen-bond acceptors (Lipinski definition) is 1. The minimum Gasteiger partial charge on any atom is -0.261 e. The lowest BCUT2D eigenvalue weighted by molar-refractivity contribution is 0.559. The van der Waals surface area contributed by atoms with Crippen molar-refractivity contribution in [3.8, 4) is 0 Å². The van der Waals surface area contributed by atoms with Crippen molar-refractivity contribution in [2.24, 2.45) is 5.92 Å². The lowest BCUT2D eigenvalue weighted by Crippen LogP contribution is -1.98. The summed E-state index contributed by atoms with van der Waals surface area (Å²) >= 11 is 0. The van der Waals surface area contributed by atoms with Crippen LogP contribution < -0.4 is 0 Å². The number of aromatic nitrogens is 1. The quantitative estimate of drug-likeness (QED) is 0.667. The van der Waals surface area contributed by atoms with Crippen molar-refractivity contribution in [1.29, 1.82) is 0 Å². The molecule has 0 saturated heterocycles. The molecule has 0 fully saturated rings. The Morgan fingerprint density at radius 2 is 2.17 bits per heavy atom. The summed E-state index contributed by atoms with van der Waals surface area (Å²) in [5, 5.41) is 0. The Bertz CT molecular complexity index is 225. The van der Waals surface area contributed by atoms with E-state index in [4.69, 9.17) is 0 Å². The first-order valence-electron chi connectivity index (χ1n) is 4.64. The van der Waals surface area contributed by atoms with Crippen LogP contribution in [0, 0.1) is 12.8 Å². The summed E-state index contributed by atoms with van der Waals surface area (Å²) in [6, 6.07) is 4.26. The predicted octanol–water partition coefficient (Wildman–Crippen LogP) is 2.98. The lowest BCUT2D eigenvalue weighted by Gasteiger charge is -2.07. The van der Waals surface area contributed by atoms with Gasteiger partial charge in [-0.15, -0.1) is 0 Å². The van der Waals surface area contributed by atoms with Gasteiger partial charge in [-0.05, 0) is 30.9 Å². The van der Waals surface area contributed by atoms with Crippen molar-refractivity contribution in [1.82, 2.24) is 4.98 Å². The molecule has 1 heteroatoms. The van der Waals surface area contributed by atoms with E-state index in [-0.39, 0.29) is 0 Å². The zero-order valence-electron chi connectivity index (χ0n) is 8.17. The Labute approximate surface area is 74.8 Å². The van der Waals surface area contributed by atoms with Crippen molar-refractivity contribution in [2.75, 3.05) is 0 Å². The van der Waals surface area contributed by atoms with Crippen molar-refractivity contribution in [2.45, 2.75) is 33.6 Å². The summed E-state index contributed by atoms with van der Waals surface area (Å²) < 4.78 is 0. The fourth-order valence-electron chi connectivity index (χ4n) is 1.17. The molecule has 0 amide bonds. The van der Waals surface area contributed by atoms with Gasteiger partial charge in [0.25, 0.3) is 0 Å². The Balaban J connectivity index is 2.58. The fraction of sp³-hybridized carbons (Fsp3) is 0.545. The molecule has 0 N–H and O–H groups in total. The zero-order chi connectivity index (χ0) is 8.97. The van der Waals surface area contributed by atoms with E-state index in [0.29, 0.717) is 0 Å². The van der Waals surface area contributed by atoms with Gasteiger partial charge in [-0.1, -0.05) is 26.3 Å². The molecule has 0 aliphatic carbocycles. The molecule has 1 nitrogen and oxygen atoms in total. The Kier molecular flexibility index (Phi) is 3.27. The maximum Gasteiger partial charge on any atom is 0.0372 e. The average molecular weight is 163 g/mol. The molecule has 1 rings (SSSR count). The van der Waals surface area contributed by atoms with Crippen LogP contribution in [0.25, 0.3) is 0 Å². The highest BCUT2D eigenvalue weighted by molar-refractivity contribution is 5.13. The van der Waals surface area contributed by atoms with E-state index in [1.807, 2.05) is 13.1 Å². The third-order valence-electron chi connectivity index (χ3n) is 2.25. The third-order valence-corrected chi connectivity index (χ3v) is 2.25. The molecule has 0 aliphatic rings. The minimum atomic E-state index is 0.773. The normalized spacial score (nSPS) is 12.9. The number of hydrogen-bond donors (Lipinski definition) is 0. The highest BCUT2D eigenvalue weighted by Gasteiger charge is 2.00. The van der Waals surface area contributed by atoms with E-state index < -0.39 is 0 Å². The van der Waals surface area contributed by atoms with Crippen LogP contribution in [-0.4, -0.2) is 4.98 Å². The molecule has 1 unspecified atom stereocenters. The van der Waals surface area contributed by atoms with Gasteiger partial charge in [0.05, 0.1) is 0 Å². The predicted molar refractivity (Wildman–Crippen MR) is 52.1 cm³/mol. The van der Waals surface area contributed by atoms with Gasteiger partial charge in [0.2, 0.25) is 0 Å². The number of aryl methyl sites for hydroxylation is 1. The summed E-state index contributed by atoms with van der Waals surface area (Å²) in [6.45, 7) is 6.53. The standard InChI is InChI=1S/C11H17N/c1-4-9(2)7-11-6-5-10(3)12-8-11/h5-6,8-9H,4,7H2,1-3H3. The highest BCUT2D eigenvalue weighted by atomic mass is 14.7. The molecule has 0 radical (unpaired) electrons. The maximum absolute atomic E-state index is 4.27. The number of pyridine rings is 1. The summed E-state index contributed by atoms with van der Waals surface area (Å²) in [5.41, 5.74) is 2.46. The summed E-state index contributed by atoms with van der Waals surface area (Å²) in [7, 11) is 0. The van der Waals surface area contributed by atoms with Crippen LogP contribution in [0.1, 0.15) is 31.5 Å². The van der Waals surface area contributed by atoms with Gasteiger partial charge in [0.1, 0.15) is 0 Å². The molecular weight excluding hydrogens is 146 g/mol. The van der Waals surface area contributed by atoms with Crippen LogP contribution in [0.4, 0.5) is 0 Å². The molecule has 0 aliphatic heterocycles. The molecule has 1 aromatic rings. The van der Waals surface area contributed by atoms with E-state index in [1.165, 1.54) is 12.0 Å². The van der Waals surface area contributed by atoms with Crippen molar-refractivity contribution in [3.63, 3.8) is 0 Å². The second-order valence-corrected chi connectivity index (χ2v) is 3.53.